The zero-order chi connectivity index (χ0) is 8.72. The molecule has 12 heavy (non-hydrogen) atoms. The minimum absolute atomic E-state index is 0.513. The lowest BCUT2D eigenvalue weighted by atomic mass is 10.3. The van der Waals surface area contributed by atoms with Crippen LogP contribution in [0.15, 0.2) is 6.20 Å². The summed E-state index contributed by atoms with van der Waals surface area (Å²) in [4.78, 5) is 0. The van der Waals surface area contributed by atoms with Crippen molar-refractivity contribution in [1.82, 2.24) is 14.2 Å². The van der Waals surface area contributed by atoms with Crippen LogP contribution in [-0.4, -0.2) is 23.0 Å². The molecule has 7 heteroatoms. The van der Waals surface area contributed by atoms with Gasteiger partial charge in [0.25, 0.3) is 0 Å². The molecular formula is C5H7N4O2S-. The highest BCUT2D eigenvalue weighted by Crippen LogP contribution is 2.17. The number of rotatable bonds is 1. The second-order valence-electron chi connectivity index (χ2n) is 2.63. The molecule has 2 rings (SSSR count). The summed E-state index contributed by atoms with van der Waals surface area (Å²) < 4.78 is 21.8. The molecule has 1 aromatic heterocycles. The highest BCUT2D eigenvalue weighted by Gasteiger charge is 2.19. The van der Waals surface area contributed by atoms with E-state index in [1.54, 1.807) is 5.01 Å². The zero-order valence-corrected chi connectivity index (χ0v) is 6.95. The summed E-state index contributed by atoms with van der Waals surface area (Å²) in [6, 6.07) is 0. The van der Waals surface area contributed by atoms with Crippen molar-refractivity contribution in [2.45, 2.75) is 13.1 Å². The molecule has 2 heterocycles. The summed E-state index contributed by atoms with van der Waals surface area (Å²) in [5, 5.41) is 5.40. The van der Waals surface area contributed by atoms with Gasteiger partial charge < -0.3 is 4.55 Å². The van der Waals surface area contributed by atoms with Crippen LogP contribution in [0.25, 0.3) is 0 Å². The van der Waals surface area contributed by atoms with Crippen LogP contribution in [0.3, 0.4) is 0 Å². The first-order valence-corrected chi connectivity index (χ1v) is 4.37. The number of aromatic nitrogens is 2. The molecule has 1 aliphatic rings. The molecule has 0 fully saturated rings. The quantitative estimate of drug-likeness (QED) is 0.437. The highest BCUT2D eigenvalue weighted by atomic mass is 32.2. The van der Waals surface area contributed by atoms with E-state index in [0.717, 1.165) is 15.3 Å². The van der Waals surface area contributed by atoms with Crippen molar-refractivity contribution in [3.8, 4) is 0 Å². The van der Waals surface area contributed by atoms with Crippen LogP contribution in [0.4, 0.5) is 0 Å². The minimum atomic E-state index is -2.30. The smallest absolute Gasteiger partial charge is 0.0836 e. The molecule has 1 atom stereocenters. The summed E-state index contributed by atoms with van der Waals surface area (Å²) in [6.45, 7) is 1.08. The first-order valence-electron chi connectivity index (χ1n) is 3.33. The van der Waals surface area contributed by atoms with Crippen LogP contribution in [0.5, 0.6) is 0 Å². The van der Waals surface area contributed by atoms with Crippen molar-refractivity contribution >= 4 is 11.3 Å². The predicted molar refractivity (Wildman–Crippen MR) is 40.0 cm³/mol. The lowest BCUT2D eigenvalue weighted by Gasteiger charge is -2.07. The molecule has 66 valence electrons. The molecule has 0 spiro atoms. The second kappa shape index (κ2) is 2.63. The van der Waals surface area contributed by atoms with Crippen molar-refractivity contribution in [3.05, 3.63) is 17.5 Å². The maximum atomic E-state index is 10.4. The minimum Gasteiger partial charge on any atom is -0.754 e. The van der Waals surface area contributed by atoms with E-state index in [1.165, 1.54) is 6.20 Å². The van der Waals surface area contributed by atoms with Crippen LogP contribution < -0.4 is 5.84 Å². The van der Waals surface area contributed by atoms with Gasteiger partial charge in [-0.3, -0.25) is 10.1 Å². The first kappa shape index (κ1) is 7.87. The Labute approximate surface area is 71.3 Å². The number of fused-ring (bicyclic) bond motifs is 1. The van der Waals surface area contributed by atoms with Crippen LogP contribution >= 0.6 is 0 Å². The third-order valence-electron chi connectivity index (χ3n) is 1.74. The molecular weight excluding hydrogens is 180 g/mol. The first-order chi connectivity index (χ1) is 5.66. The molecule has 6 nitrogen and oxygen atoms in total. The van der Waals surface area contributed by atoms with E-state index in [1.807, 2.05) is 0 Å². The molecule has 0 amide bonds. The van der Waals surface area contributed by atoms with Crippen LogP contribution in [0.2, 0.25) is 0 Å². The van der Waals surface area contributed by atoms with Gasteiger partial charge in [-0.2, -0.15) is 9.19 Å². The molecule has 2 N–H and O–H groups in total. The molecule has 1 aliphatic heterocycles. The second-order valence-corrected chi connectivity index (χ2v) is 3.43. The molecule has 1 unspecified atom stereocenters. The Balaban J connectivity index is 2.34. The van der Waals surface area contributed by atoms with E-state index in [9.17, 15) is 8.76 Å². The Morgan fingerprint density at radius 3 is 3.00 bits per heavy atom. The molecule has 0 saturated heterocycles. The monoisotopic (exact) mass is 187 g/mol. The van der Waals surface area contributed by atoms with E-state index >= 15 is 0 Å². The largest absolute Gasteiger partial charge is 0.754 e. The highest BCUT2D eigenvalue weighted by molar-refractivity contribution is 7.77. The average Bonchev–Trinajstić information content (AvgIpc) is 2.42. The Morgan fingerprint density at radius 2 is 2.42 bits per heavy atom. The van der Waals surface area contributed by atoms with Crippen LogP contribution in [-0.2, 0) is 24.4 Å². The number of hydrazine groups is 1. The Kier molecular flexibility index (Phi) is 1.72. The molecule has 0 aliphatic carbocycles. The van der Waals surface area contributed by atoms with Crippen molar-refractivity contribution < 1.29 is 8.76 Å². The van der Waals surface area contributed by atoms with Gasteiger partial charge in [-0.25, -0.2) is 5.01 Å². The topological polar surface area (TPSA) is 87.2 Å². The van der Waals surface area contributed by atoms with E-state index in [0.29, 0.717) is 13.1 Å². The third-order valence-corrected chi connectivity index (χ3v) is 2.23. The summed E-state index contributed by atoms with van der Waals surface area (Å²) in [5.41, 5.74) is 1.61. The third kappa shape index (κ3) is 1.16. The summed E-state index contributed by atoms with van der Waals surface area (Å²) >= 11 is -2.30. The standard InChI is InChI=1S/C5H8N4O2S/c6-8-1-4-2-9(12(10)11)7-5(4)3-8/h2H,1,3,6H2,(H,10,11)/p-1. The number of nitrogens with zero attached hydrogens (tertiary/aromatic N) is 3. The SMILES string of the molecule is NN1Cc2cn(S(=O)[O-])nc2C1. The van der Waals surface area contributed by atoms with Gasteiger partial charge in [-0.05, 0) is 0 Å². The van der Waals surface area contributed by atoms with E-state index in [2.05, 4.69) is 5.10 Å². The van der Waals surface area contributed by atoms with Gasteiger partial charge in [0.1, 0.15) is 0 Å². The van der Waals surface area contributed by atoms with Crippen molar-refractivity contribution in [1.29, 1.82) is 0 Å². The molecule has 0 bridgehead atoms. The van der Waals surface area contributed by atoms with Crippen LogP contribution in [0.1, 0.15) is 11.3 Å². The summed E-state index contributed by atoms with van der Waals surface area (Å²) in [5.74, 6) is 5.49. The van der Waals surface area contributed by atoms with Gasteiger partial charge in [0.05, 0.1) is 23.5 Å². The van der Waals surface area contributed by atoms with Crippen molar-refractivity contribution in [2.24, 2.45) is 5.84 Å². The Bertz CT molecular complexity index is 313. The Hall–Kier alpha value is -0.760. The fourth-order valence-corrected chi connectivity index (χ4v) is 1.61. The van der Waals surface area contributed by atoms with Crippen molar-refractivity contribution in [3.63, 3.8) is 0 Å². The molecule has 0 aromatic carbocycles. The number of hydrogen-bond acceptors (Lipinski definition) is 5. The van der Waals surface area contributed by atoms with E-state index < -0.39 is 11.3 Å². The number of nitrogens with two attached hydrogens (primary N) is 1. The maximum absolute atomic E-state index is 10.4. The lowest BCUT2D eigenvalue weighted by Crippen LogP contribution is -2.24. The number of hydrogen-bond donors (Lipinski definition) is 1. The van der Waals surface area contributed by atoms with Gasteiger partial charge in [0.15, 0.2) is 0 Å². The molecule has 0 radical (unpaired) electrons. The maximum Gasteiger partial charge on any atom is 0.0836 e. The van der Waals surface area contributed by atoms with Gasteiger partial charge in [0.2, 0.25) is 0 Å². The van der Waals surface area contributed by atoms with Gasteiger partial charge in [-0.15, -0.1) is 0 Å². The fraction of sp³-hybridized carbons (Fsp3) is 0.400. The van der Waals surface area contributed by atoms with E-state index in [-0.39, 0.29) is 0 Å². The van der Waals surface area contributed by atoms with Crippen LogP contribution in [0, 0.1) is 0 Å². The van der Waals surface area contributed by atoms with Gasteiger partial charge in [0, 0.05) is 18.3 Å². The molecule has 0 saturated carbocycles. The summed E-state index contributed by atoms with van der Waals surface area (Å²) in [7, 11) is 0. The van der Waals surface area contributed by atoms with Gasteiger partial charge in [-0.1, -0.05) is 0 Å². The predicted octanol–water partition coefficient (Wildman–Crippen LogP) is -1.29. The van der Waals surface area contributed by atoms with E-state index in [4.69, 9.17) is 5.84 Å². The lowest BCUT2D eigenvalue weighted by molar-refractivity contribution is 0.291. The van der Waals surface area contributed by atoms with Crippen molar-refractivity contribution in [2.75, 3.05) is 0 Å². The average molecular weight is 187 g/mol. The zero-order valence-electron chi connectivity index (χ0n) is 6.14. The summed E-state index contributed by atoms with van der Waals surface area (Å²) in [6.07, 6.45) is 1.48. The molecule has 1 aromatic rings. The normalized spacial score (nSPS) is 19.5. The fourth-order valence-electron chi connectivity index (χ4n) is 1.23. The van der Waals surface area contributed by atoms with Gasteiger partial charge >= 0.3 is 0 Å². The Morgan fingerprint density at radius 1 is 1.67 bits per heavy atom.